The van der Waals surface area contributed by atoms with Crippen molar-refractivity contribution in [3.05, 3.63) is 53.5 Å². The summed E-state index contributed by atoms with van der Waals surface area (Å²) in [6.07, 6.45) is 3.30. The highest BCUT2D eigenvalue weighted by molar-refractivity contribution is 5.29. The van der Waals surface area contributed by atoms with Crippen LogP contribution in [0.4, 0.5) is 8.78 Å². The van der Waals surface area contributed by atoms with E-state index in [0.29, 0.717) is 12.1 Å². The number of benzene rings is 1. The van der Waals surface area contributed by atoms with Crippen LogP contribution in [-0.2, 0) is 13.0 Å². The lowest BCUT2D eigenvalue weighted by molar-refractivity contribution is 0.394. The maximum atomic E-state index is 13.2. The van der Waals surface area contributed by atoms with E-state index >= 15 is 0 Å². The van der Waals surface area contributed by atoms with Gasteiger partial charge in [0.15, 0.2) is 17.4 Å². The molecule has 5 heteroatoms. The van der Waals surface area contributed by atoms with E-state index in [9.17, 15) is 8.78 Å². The lowest BCUT2D eigenvalue weighted by Gasteiger charge is -2.13. The van der Waals surface area contributed by atoms with Gasteiger partial charge in [-0.1, -0.05) is 0 Å². The summed E-state index contributed by atoms with van der Waals surface area (Å²) in [4.78, 5) is 0. The number of rotatable bonds is 6. The number of furan rings is 1. The highest BCUT2D eigenvalue weighted by Crippen LogP contribution is 2.21. The molecular weight excluding hydrogens is 264 g/mol. The number of hydrogen-bond donors (Lipinski definition) is 2. The Morgan fingerprint density at radius 2 is 2.00 bits per heavy atom. The van der Waals surface area contributed by atoms with Crippen molar-refractivity contribution >= 4 is 0 Å². The first kappa shape index (κ1) is 14.5. The Morgan fingerprint density at radius 3 is 2.60 bits per heavy atom. The van der Waals surface area contributed by atoms with E-state index in [0.717, 1.165) is 30.7 Å². The van der Waals surface area contributed by atoms with Crippen molar-refractivity contribution in [1.29, 1.82) is 0 Å². The van der Waals surface area contributed by atoms with Crippen molar-refractivity contribution in [2.45, 2.75) is 32.4 Å². The monoisotopic (exact) mass is 281 g/mol. The zero-order valence-electron chi connectivity index (χ0n) is 11.2. The average Bonchev–Trinajstić information content (AvgIpc) is 2.93. The first-order valence-electron chi connectivity index (χ1n) is 6.49. The molecule has 0 amide bonds. The molecule has 1 unspecified atom stereocenters. The Labute approximate surface area is 116 Å². The van der Waals surface area contributed by atoms with Gasteiger partial charge in [-0.2, -0.15) is 0 Å². The van der Waals surface area contributed by atoms with Crippen molar-refractivity contribution in [1.82, 2.24) is 5.32 Å². The summed E-state index contributed by atoms with van der Waals surface area (Å²) in [5.74, 6) is -1.89. The van der Waals surface area contributed by atoms with Crippen molar-refractivity contribution in [3.63, 3.8) is 0 Å². The standard InChI is InChI=1S/C15H17F2NO2/c1-10(4-5-12-3-2-6-20-12)18-9-11-7-13(16)15(19)14(17)8-11/h2-3,6-8,10,18-19H,4-5,9H2,1H3. The number of hydrogen-bond acceptors (Lipinski definition) is 3. The normalized spacial score (nSPS) is 12.6. The Kier molecular flexibility index (Phi) is 4.74. The van der Waals surface area contributed by atoms with Gasteiger partial charge in [0.2, 0.25) is 0 Å². The van der Waals surface area contributed by atoms with Crippen LogP contribution in [0.5, 0.6) is 5.75 Å². The third-order valence-corrected chi connectivity index (χ3v) is 3.14. The second-order valence-electron chi connectivity index (χ2n) is 4.81. The van der Waals surface area contributed by atoms with Crippen molar-refractivity contribution < 1.29 is 18.3 Å². The molecule has 0 saturated heterocycles. The number of halogens is 2. The quantitative estimate of drug-likeness (QED) is 0.853. The number of aromatic hydroxyl groups is 1. The van der Waals surface area contributed by atoms with Crippen LogP contribution in [0.3, 0.4) is 0 Å². The van der Waals surface area contributed by atoms with Crippen LogP contribution in [0.1, 0.15) is 24.7 Å². The predicted octanol–water partition coefficient (Wildman–Crippen LogP) is 3.37. The smallest absolute Gasteiger partial charge is 0.187 e. The van der Waals surface area contributed by atoms with Crippen LogP contribution >= 0.6 is 0 Å². The molecule has 1 aromatic carbocycles. The first-order chi connectivity index (χ1) is 9.56. The fourth-order valence-electron chi connectivity index (χ4n) is 1.93. The fraction of sp³-hybridized carbons (Fsp3) is 0.333. The predicted molar refractivity (Wildman–Crippen MR) is 71.4 cm³/mol. The maximum Gasteiger partial charge on any atom is 0.187 e. The van der Waals surface area contributed by atoms with Crippen LogP contribution < -0.4 is 5.32 Å². The van der Waals surface area contributed by atoms with E-state index in [-0.39, 0.29) is 6.04 Å². The molecule has 0 aliphatic rings. The lowest BCUT2D eigenvalue weighted by atomic mass is 10.1. The minimum Gasteiger partial charge on any atom is -0.503 e. The molecule has 2 aromatic rings. The SMILES string of the molecule is CC(CCc1ccco1)NCc1cc(F)c(O)c(F)c1. The van der Waals surface area contributed by atoms with Gasteiger partial charge in [-0.05, 0) is 43.2 Å². The average molecular weight is 281 g/mol. The number of phenolic OH excluding ortho intramolecular Hbond substituents is 1. The Hall–Kier alpha value is -1.88. The van der Waals surface area contributed by atoms with E-state index in [1.165, 1.54) is 0 Å². The molecule has 2 rings (SSSR count). The van der Waals surface area contributed by atoms with Crippen molar-refractivity contribution in [2.24, 2.45) is 0 Å². The molecule has 0 aliphatic heterocycles. The van der Waals surface area contributed by atoms with Gasteiger partial charge >= 0.3 is 0 Å². The van der Waals surface area contributed by atoms with Crippen LogP contribution in [0.15, 0.2) is 34.9 Å². The largest absolute Gasteiger partial charge is 0.503 e. The van der Waals surface area contributed by atoms with Gasteiger partial charge in [-0.3, -0.25) is 0 Å². The molecule has 1 aromatic heterocycles. The molecule has 0 spiro atoms. The van der Waals surface area contributed by atoms with Crippen LogP contribution in [0.2, 0.25) is 0 Å². The second-order valence-corrected chi connectivity index (χ2v) is 4.81. The van der Waals surface area contributed by atoms with E-state index in [1.807, 2.05) is 19.1 Å². The van der Waals surface area contributed by atoms with Gasteiger partial charge in [0.05, 0.1) is 6.26 Å². The highest BCUT2D eigenvalue weighted by Gasteiger charge is 2.10. The minimum absolute atomic E-state index is 0.181. The third kappa shape index (κ3) is 3.81. The molecule has 0 radical (unpaired) electrons. The van der Waals surface area contributed by atoms with Crippen molar-refractivity contribution in [3.8, 4) is 5.75 Å². The van der Waals surface area contributed by atoms with Gasteiger partial charge in [-0.15, -0.1) is 0 Å². The lowest BCUT2D eigenvalue weighted by Crippen LogP contribution is -2.26. The maximum absolute atomic E-state index is 13.2. The summed E-state index contributed by atoms with van der Waals surface area (Å²) in [6.45, 7) is 2.34. The van der Waals surface area contributed by atoms with E-state index < -0.39 is 17.4 Å². The summed E-state index contributed by atoms with van der Waals surface area (Å²) in [5.41, 5.74) is 0.461. The summed E-state index contributed by atoms with van der Waals surface area (Å²) >= 11 is 0. The van der Waals surface area contributed by atoms with E-state index in [4.69, 9.17) is 9.52 Å². The molecule has 0 aliphatic carbocycles. The van der Waals surface area contributed by atoms with Crippen LogP contribution in [0.25, 0.3) is 0 Å². The molecule has 20 heavy (non-hydrogen) atoms. The molecular formula is C15H17F2NO2. The first-order valence-corrected chi connectivity index (χ1v) is 6.49. The summed E-state index contributed by atoms with van der Waals surface area (Å²) in [7, 11) is 0. The number of phenols is 1. The molecule has 0 saturated carbocycles. The van der Waals surface area contributed by atoms with Gasteiger partial charge in [-0.25, -0.2) is 8.78 Å². The molecule has 2 N–H and O–H groups in total. The topological polar surface area (TPSA) is 45.4 Å². The fourth-order valence-corrected chi connectivity index (χ4v) is 1.93. The Morgan fingerprint density at radius 1 is 1.30 bits per heavy atom. The molecule has 1 atom stereocenters. The summed E-state index contributed by atoms with van der Waals surface area (Å²) in [5, 5.41) is 12.2. The zero-order chi connectivity index (χ0) is 14.5. The minimum atomic E-state index is -0.940. The van der Waals surface area contributed by atoms with E-state index in [2.05, 4.69) is 5.32 Å². The molecule has 1 heterocycles. The highest BCUT2D eigenvalue weighted by atomic mass is 19.1. The molecule has 0 bridgehead atoms. The van der Waals surface area contributed by atoms with Gasteiger partial charge in [0.1, 0.15) is 5.76 Å². The summed E-state index contributed by atoms with van der Waals surface area (Å²) in [6, 6.07) is 6.20. The summed E-state index contributed by atoms with van der Waals surface area (Å²) < 4.78 is 31.6. The van der Waals surface area contributed by atoms with Crippen LogP contribution in [-0.4, -0.2) is 11.1 Å². The third-order valence-electron chi connectivity index (χ3n) is 3.14. The molecule has 0 fully saturated rings. The Balaban J connectivity index is 1.82. The molecule has 3 nitrogen and oxygen atoms in total. The Bertz CT molecular complexity index is 532. The van der Waals surface area contributed by atoms with Gasteiger partial charge in [0.25, 0.3) is 0 Å². The van der Waals surface area contributed by atoms with Gasteiger partial charge < -0.3 is 14.8 Å². The zero-order valence-corrected chi connectivity index (χ0v) is 11.2. The molecule has 108 valence electrons. The van der Waals surface area contributed by atoms with Crippen LogP contribution in [0, 0.1) is 11.6 Å². The second kappa shape index (κ2) is 6.52. The van der Waals surface area contributed by atoms with Crippen molar-refractivity contribution in [2.75, 3.05) is 0 Å². The number of nitrogens with one attached hydrogen (secondary N) is 1. The number of aryl methyl sites for hydroxylation is 1. The van der Waals surface area contributed by atoms with E-state index in [1.54, 1.807) is 6.26 Å². The van der Waals surface area contributed by atoms with Gasteiger partial charge in [0, 0.05) is 19.0 Å².